The van der Waals surface area contributed by atoms with Gasteiger partial charge in [0.2, 0.25) is 0 Å². The van der Waals surface area contributed by atoms with Crippen molar-refractivity contribution in [3.63, 3.8) is 0 Å². The molecule has 0 spiro atoms. The van der Waals surface area contributed by atoms with Gasteiger partial charge >= 0.3 is 0 Å². The van der Waals surface area contributed by atoms with E-state index in [0.717, 1.165) is 25.8 Å². The molecule has 1 aliphatic rings. The summed E-state index contributed by atoms with van der Waals surface area (Å²) in [7, 11) is 3.18. The molecule has 1 fully saturated rings. The lowest BCUT2D eigenvalue weighted by Crippen LogP contribution is -2.47. The number of hydrogen-bond donors (Lipinski definition) is 1. The smallest absolute Gasteiger partial charge is 0.186 e. The van der Waals surface area contributed by atoms with Crippen LogP contribution >= 0.6 is 0 Å². The first-order chi connectivity index (χ1) is 9.16. The summed E-state index contributed by atoms with van der Waals surface area (Å²) in [6.07, 6.45) is 2.72. The maximum absolute atomic E-state index is 12.8. The van der Waals surface area contributed by atoms with Crippen molar-refractivity contribution < 1.29 is 14.3 Å². The Hall–Kier alpha value is -1.55. The van der Waals surface area contributed by atoms with Crippen LogP contribution in [-0.2, 0) is 0 Å². The average Bonchev–Trinajstić information content (AvgIpc) is 2.95. The van der Waals surface area contributed by atoms with Crippen molar-refractivity contribution in [1.29, 1.82) is 0 Å². The van der Waals surface area contributed by atoms with E-state index in [1.807, 2.05) is 6.92 Å². The van der Waals surface area contributed by atoms with Crippen LogP contribution in [0.5, 0.6) is 11.5 Å². The van der Waals surface area contributed by atoms with E-state index in [1.165, 1.54) is 0 Å². The van der Waals surface area contributed by atoms with Gasteiger partial charge in [0.1, 0.15) is 11.5 Å². The lowest BCUT2D eigenvalue weighted by atomic mass is 9.85. The molecule has 1 aliphatic heterocycles. The molecule has 0 radical (unpaired) electrons. The van der Waals surface area contributed by atoms with Gasteiger partial charge in [0.05, 0.1) is 25.3 Å². The number of hydrogen-bond acceptors (Lipinski definition) is 4. The molecule has 1 heterocycles. The van der Waals surface area contributed by atoms with Gasteiger partial charge in [-0.25, -0.2) is 0 Å². The number of Topliss-reactive ketones (excluding diaryl/α,β-unsaturated/α-hetero) is 1. The number of carbonyl (C=O) groups is 1. The van der Waals surface area contributed by atoms with Crippen LogP contribution in [-0.4, -0.2) is 32.1 Å². The second kappa shape index (κ2) is 5.61. The second-order valence-electron chi connectivity index (χ2n) is 4.86. The quantitative estimate of drug-likeness (QED) is 0.829. The number of benzene rings is 1. The fourth-order valence-corrected chi connectivity index (χ4v) is 2.71. The van der Waals surface area contributed by atoms with Crippen molar-refractivity contribution in [3.8, 4) is 11.5 Å². The van der Waals surface area contributed by atoms with Gasteiger partial charge in [0.15, 0.2) is 5.78 Å². The number of nitrogens with one attached hydrogen (secondary N) is 1. The molecule has 0 aromatic heterocycles. The van der Waals surface area contributed by atoms with Crippen LogP contribution in [0.1, 0.15) is 36.5 Å². The number of rotatable bonds is 5. The van der Waals surface area contributed by atoms with Gasteiger partial charge in [-0.3, -0.25) is 4.79 Å². The first-order valence-corrected chi connectivity index (χ1v) is 6.68. The fourth-order valence-electron chi connectivity index (χ4n) is 2.71. The predicted octanol–water partition coefficient (Wildman–Crippen LogP) is 2.42. The summed E-state index contributed by atoms with van der Waals surface area (Å²) in [6.45, 7) is 2.95. The minimum Gasteiger partial charge on any atom is -0.497 e. The Morgan fingerprint density at radius 3 is 2.68 bits per heavy atom. The normalized spacial score (nSPS) is 22.3. The van der Waals surface area contributed by atoms with Gasteiger partial charge in [-0.2, -0.15) is 0 Å². The van der Waals surface area contributed by atoms with Crippen LogP contribution in [0.25, 0.3) is 0 Å². The molecule has 104 valence electrons. The minimum atomic E-state index is -0.429. The largest absolute Gasteiger partial charge is 0.497 e. The van der Waals surface area contributed by atoms with E-state index in [1.54, 1.807) is 32.4 Å². The third-order valence-electron chi connectivity index (χ3n) is 3.94. The van der Waals surface area contributed by atoms with Crippen molar-refractivity contribution in [2.75, 3.05) is 20.8 Å². The van der Waals surface area contributed by atoms with Crippen LogP contribution in [0.15, 0.2) is 18.2 Å². The highest BCUT2D eigenvalue weighted by Gasteiger charge is 2.40. The summed E-state index contributed by atoms with van der Waals surface area (Å²) in [5.41, 5.74) is 0.196. The van der Waals surface area contributed by atoms with E-state index in [2.05, 4.69) is 5.32 Å². The van der Waals surface area contributed by atoms with E-state index < -0.39 is 5.54 Å². The molecule has 19 heavy (non-hydrogen) atoms. The molecule has 1 atom stereocenters. The molecule has 0 aliphatic carbocycles. The molecule has 1 aromatic rings. The molecule has 0 amide bonds. The highest BCUT2D eigenvalue weighted by Crippen LogP contribution is 2.32. The number of methoxy groups -OCH3 is 2. The summed E-state index contributed by atoms with van der Waals surface area (Å²) in [4.78, 5) is 12.8. The average molecular weight is 263 g/mol. The van der Waals surface area contributed by atoms with Crippen molar-refractivity contribution in [1.82, 2.24) is 5.32 Å². The summed E-state index contributed by atoms with van der Waals surface area (Å²) in [5, 5.41) is 3.36. The van der Waals surface area contributed by atoms with E-state index in [9.17, 15) is 4.79 Å². The molecule has 0 saturated carbocycles. The summed E-state index contributed by atoms with van der Waals surface area (Å²) < 4.78 is 10.5. The van der Waals surface area contributed by atoms with Crippen molar-refractivity contribution in [3.05, 3.63) is 23.8 Å². The zero-order chi connectivity index (χ0) is 13.9. The molecule has 1 saturated heterocycles. The predicted molar refractivity (Wildman–Crippen MR) is 74.1 cm³/mol. The first-order valence-electron chi connectivity index (χ1n) is 6.68. The zero-order valence-electron chi connectivity index (χ0n) is 11.8. The molecule has 2 rings (SSSR count). The van der Waals surface area contributed by atoms with Crippen LogP contribution in [0, 0.1) is 0 Å². The van der Waals surface area contributed by atoms with E-state index in [0.29, 0.717) is 17.1 Å². The van der Waals surface area contributed by atoms with E-state index >= 15 is 0 Å². The molecular formula is C15H21NO3. The van der Waals surface area contributed by atoms with Gasteiger partial charge in [-0.15, -0.1) is 0 Å². The van der Waals surface area contributed by atoms with Crippen LogP contribution in [0.4, 0.5) is 0 Å². The highest BCUT2D eigenvalue weighted by molar-refractivity contribution is 6.05. The molecule has 1 unspecified atom stereocenters. The Morgan fingerprint density at radius 1 is 1.37 bits per heavy atom. The minimum absolute atomic E-state index is 0.118. The first kappa shape index (κ1) is 13.9. The Bertz CT molecular complexity index is 464. The van der Waals surface area contributed by atoms with Gasteiger partial charge in [-0.05, 0) is 37.9 Å². The third kappa shape index (κ3) is 2.45. The van der Waals surface area contributed by atoms with Crippen molar-refractivity contribution in [2.24, 2.45) is 0 Å². The highest BCUT2D eigenvalue weighted by atomic mass is 16.5. The van der Waals surface area contributed by atoms with Crippen LogP contribution < -0.4 is 14.8 Å². The molecule has 1 aromatic carbocycles. The molecule has 0 bridgehead atoms. The van der Waals surface area contributed by atoms with Gasteiger partial charge in [0.25, 0.3) is 0 Å². The van der Waals surface area contributed by atoms with Gasteiger partial charge in [-0.1, -0.05) is 6.92 Å². The SMILES string of the molecule is CCC1(C(=O)c2ccc(OC)cc2OC)CCCN1. The molecule has 1 N–H and O–H groups in total. The Balaban J connectivity index is 2.37. The number of ketones is 1. The lowest BCUT2D eigenvalue weighted by molar-refractivity contribution is 0.0860. The Morgan fingerprint density at radius 2 is 2.16 bits per heavy atom. The number of ether oxygens (including phenoxy) is 2. The van der Waals surface area contributed by atoms with Gasteiger partial charge in [0, 0.05) is 6.07 Å². The monoisotopic (exact) mass is 263 g/mol. The lowest BCUT2D eigenvalue weighted by Gasteiger charge is -2.27. The van der Waals surface area contributed by atoms with Gasteiger partial charge < -0.3 is 14.8 Å². The number of carbonyl (C=O) groups excluding carboxylic acids is 1. The Kier molecular flexibility index (Phi) is 4.10. The standard InChI is InChI=1S/C15H21NO3/c1-4-15(8-5-9-16-15)14(17)12-7-6-11(18-2)10-13(12)19-3/h6-7,10,16H,4-5,8-9H2,1-3H3. The van der Waals surface area contributed by atoms with Crippen LogP contribution in [0.2, 0.25) is 0 Å². The topological polar surface area (TPSA) is 47.6 Å². The Labute approximate surface area is 114 Å². The molecular weight excluding hydrogens is 242 g/mol. The maximum Gasteiger partial charge on any atom is 0.186 e. The van der Waals surface area contributed by atoms with E-state index in [-0.39, 0.29) is 5.78 Å². The maximum atomic E-state index is 12.8. The summed E-state index contributed by atoms with van der Waals surface area (Å²) in [5.74, 6) is 1.39. The van der Waals surface area contributed by atoms with E-state index in [4.69, 9.17) is 9.47 Å². The zero-order valence-corrected chi connectivity index (χ0v) is 11.8. The third-order valence-corrected chi connectivity index (χ3v) is 3.94. The fraction of sp³-hybridized carbons (Fsp3) is 0.533. The van der Waals surface area contributed by atoms with Crippen molar-refractivity contribution >= 4 is 5.78 Å². The molecule has 4 heteroatoms. The van der Waals surface area contributed by atoms with Crippen molar-refractivity contribution in [2.45, 2.75) is 31.7 Å². The van der Waals surface area contributed by atoms with Crippen LogP contribution in [0.3, 0.4) is 0 Å². The summed E-state index contributed by atoms with van der Waals surface area (Å²) >= 11 is 0. The second-order valence-corrected chi connectivity index (χ2v) is 4.86. The molecule has 4 nitrogen and oxygen atoms in total. The summed E-state index contributed by atoms with van der Waals surface area (Å²) in [6, 6.07) is 5.34.